The summed E-state index contributed by atoms with van der Waals surface area (Å²) in [5, 5.41) is 0.830. The van der Waals surface area contributed by atoms with Crippen molar-refractivity contribution in [2.24, 2.45) is 4.99 Å². The number of imide groups is 1. The number of hydrogen-bond donors (Lipinski definition) is 0. The summed E-state index contributed by atoms with van der Waals surface area (Å²) in [5.41, 5.74) is 3.15. The quantitative estimate of drug-likeness (QED) is 0.363. The van der Waals surface area contributed by atoms with Crippen molar-refractivity contribution in [1.82, 2.24) is 9.63 Å². The molecule has 3 amide bonds. The van der Waals surface area contributed by atoms with E-state index >= 15 is 0 Å². The first-order chi connectivity index (χ1) is 17.0. The summed E-state index contributed by atoms with van der Waals surface area (Å²) >= 11 is 1.42. The fourth-order valence-corrected chi connectivity index (χ4v) is 5.18. The lowest BCUT2D eigenvalue weighted by Gasteiger charge is -2.21. The number of aromatic nitrogens is 1. The minimum absolute atomic E-state index is 0.0641. The van der Waals surface area contributed by atoms with Crippen molar-refractivity contribution < 1.29 is 19.2 Å². The standard InChI is InChI=1S/C27H23N3O4S/c1-3-19(16-34-30-25(32)20-8-4-5-9-21(20)26(30)33)29-22-10-6-7-11-23(22)35-27(29)28-24(31)18-14-12-17(2)13-15-18/h4-15,19H,3,16H2,1-2H3. The number of carbonyl (C=O) groups excluding carboxylic acids is 3. The van der Waals surface area contributed by atoms with Gasteiger partial charge in [0.25, 0.3) is 17.7 Å². The first kappa shape index (κ1) is 22.9. The highest BCUT2D eigenvalue weighted by Crippen LogP contribution is 2.26. The third-order valence-electron chi connectivity index (χ3n) is 6.02. The van der Waals surface area contributed by atoms with Crippen LogP contribution < -0.4 is 4.80 Å². The molecule has 1 unspecified atom stereocenters. The summed E-state index contributed by atoms with van der Waals surface area (Å²) in [7, 11) is 0. The fraction of sp³-hybridized carbons (Fsp3) is 0.185. The van der Waals surface area contributed by atoms with Crippen molar-refractivity contribution in [3.63, 3.8) is 0 Å². The summed E-state index contributed by atoms with van der Waals surface area (Å²) in [6.07, 6.45) is 0.635. The van der Waals surface area contributed by atoms with Crippen LogP contribution in [0.15, 0.2) is 77.8 Å². The second-order valence-electron chi connectivity index (χ2n) is 8.31. The molecule has 1 aromatic heterocycles. The molecule has 0 aliphatic carbocycles. The van der Waals surface area contributed by atoms with E-state index in [1.54, 1.807) is 36.4 Å². The van der Waals surface area contributed by atoms with Crippen LogP contribution in [0.3, 0.4) is 0 Å². The minimum Gasteiger partial charge on any atom is -0.311 e. The molecule has 7 nitrogen and oxygen atoms in total. The van der Waals surface area contributed by atoms with Crippen LogP contribution in [0, 0.1) is 6.92 Å². The Morgan fingerprint density at radius 2 is 1.57 bits per heavy atom. The van der Waals surface area contributed by atoms with E-state index in [2.05, 4.69) is 4.99 Å². The molecule has 1 atom stereocenters. The van der Waals surface area contributed by atoms with Gasteiger partial charge in [-0.05, 0) is 49.7 Å². The van der Waals surface area contributed by atoms with Crippen molar-refractivity contribution >= 4 is 39.3 Å². The van der Waals surface area contributed by atoms with Crippen molar-refractivity contribution in [2.45, 2.75) is 26.3 Å². The Kier molecular flexibility index (Phi) is 6.15. The summed E-state index contributed by atoms with van der Waals surface area (Å²) in [4.78, 5) is 49.1. The molecule has 0 saturated carbocycles. The summed E-state index contributed by atoms with van der Waals surface area (Å²) < 4.78 is 2.94. The van der Waals surface area contributed by atoms with Crippen LogP contribution in [-0.2, 0) is 4.84 Å². The van der Waals surface area contributed by atoms with Gasteiger partial charge in [0.2, 0.25) is 0 Å². The van der Waals surface area contributed by atoms with E-state index < -0.39 is 11.8 Å². The third kappa shape index (κ3) is 4.22. The van der Waals surface area contributed by atoms with Gasteiger partial charge in [-0.15, -0.1) is 5.06 Å². The predicted octanol–water partition coefficient (Wildman–Crippen LogP) is 4.93. The highest BCUT2D eigenvalue weighted by molar-refractivity contribution is 7.16. The molecule has 176 valence electrons. The summed E-state index contributed by atoms with van der Waals surface area (Å²) in [6, 6.07) is 21.5. The largest absolute Gasteiger partial charge is 0.311 e. The van der Waals surface area contributed by atoms with E-state index in [4.69, 9.17) is 4.84 Å². The van der Waals surface area contributed by atoms with Crippen LogP contribution in [0.4, 0.5) is 0 Å². The van der Waals surface area contributed by atoms with Crippen LogP contribution in [0.1, 0.15) is 56.0 Å². The number of benzene rings is 3. The number of para-hydroxylation sites is 1. The molecule has 0 N–H and O–H groups in total. The molecule has 5 rings (SSSR count). The third-order valence-corrected chi connectivity index (χ3v) is 7.05. The first-order valence-electron chi connectivity index (χ1n) is 11.3. The number of carbonyl (C=O) groups is 3. The SMILES string of the molecule is CCC(CON1C(=O)c2ccccc2C1=O)n1c(=NC(=O)c2ccc(C)cc2)sc2ccccc21. The lowest BCUT2D eigenvalue weighted by atomic mass is 10.1. The molecule has 4 aromatic rings. The van der Waals surface area contributed by atoms with E-state index in [-0.39, 0.29) is 18.6 Å². The summed E-state index contributed by atoms with van der Waals surface area (Å²) in [6.45, 7) is 4.02. The number of amides is 3. The zero-order valence-corrected chi connectivity index (χ0v) is 20.1. The van der Waals surface area contributed by atoms with Gasteiger partial charge in [-0.2, -0.15) is 4.99 Å². The molecule has 0 bridgehead atoms. The van der Waals surface area contributed by atoms with Gasteiger partial charge in [-0.1, -0.05) is 60.2 Å². The van der Waals surface area contributed by atoms with E-state index in [0.29, 0.717) is 27.9 Å². The van der Waals surface area contributed by atoms with Gasteiger partial charge in [-0.3, -0.25) is 19.2 Å². The normalized spacial score (nSPS) is 14.6. The minimum atomic E-state index is -0.472. The molecule has 8 heteroatoms. The van der Waals surface area contributed by atoms with Crippen molar-refractivity contribution in [3.8, 4) is 0 Å². The number of rotatable bonds is 6. The van der Waals surface area contributed by atoms with Gasteiger partial charge in [0.1, 0.15) is 0 Å². The van der Waals surface area contributed by atoms with E-state index in [0.717, 1.165) is 20.8 Å². The zero-order chi connectivity index (χ0) is 24.5. The molecule has 0 fully saturated rings. The van der Waals surface area contributed by atoms with Gasteiger partial charge in [0.15, 0.2) is 4.80 Å². The number of aryl methyl sites for hydroxylation is 1. The number of hydrogen-bond acceptors (Lipinski definition) is 5. The van der Waals surface area contributed by atoms with Crippen LogP contribution in [0.5, 0.6) is 0 Å². The lowest BCUT2D eigenvalue weighted by Crippen LogP contribution is -2.34. The van der Waals surface area contributed by atoms with Crippen molar-refractivity contribution in [2.75, 3.05) is 6.61 Å². The van der Waals surface area contributed by atoms with Crippen LogP contribution in [0.2, 0.25) is 0 Å². The van der Waals surface area contributed by atoms with E-state index in [1.165, 1.54) is 11.3 Å². The Balaban J connectivity index is 1.48. The number of hydroxylamine groups is 2. The zero-order valence-electron chi connectivity index (χ0n) is 19.3. The van der Waals surface area contributed by atoms with Gasteiger partial charge < -0.3 is 4.57 Å². The second-order valence-corrected chi connectivity index (χ2v) is 9.32. The molecule has 3 aromatic carbocycles. The molecule has 1 aliphatic rings. The van der Waals surface area contributed by atoms with E-state index in [9.17, 15) is 14.4 Å². The maximum absolute atomic E-state index is 12.9. The molecule has 2 heterocycles. The Bertz CT molecular complexity index is 1480. The number of nitrogens with zero attached hydrogens (tertiary/aromatic N) is 3. The first-order valence-corrected chi connectivity index (χ1v) is 12.2. The van der Waals surface area contributed by atoms with Crippen LogP contribution in [0.25, 0.3) is 10.2 Å². The second kappa shape index (κ2) is 9.40. The van der Waals surface area contributed by atoms with Gasteiger partial charge in [-0.25, -0.2) is 0 Å². The maximum Gasteiger partial charge on any atom is 0.285 e. The highest BCUT2D eigenvalue weighted by Gasteiger charge is 2.37. The molecule has 0 spiro atoms. The molecule has 0 saturated heterocycles. The molecular formula is C27H23N3O4S. The Hall–Kier alpha value is -3.88. The van der Waals surface area contributed by atoms with Gasteiger partial charge >= 0.3 is 0 Å². The topological polar surface area (TPSA) is 81.0 Å². The molecule has 0 radical (unpaired) electrons. The van der Waals surface area contributed by atoms with E-state index in [1.807, 2.05) is 54.8 Å². The fourth-order valence-electron chi connectivity index (χ4n) is 4.09. The Labute approximate surface area is 205 Å². The summed E-state index contributed by atoms with van der Waals surface area (Å²) in [5.74, 6) is -1.28. The lowest BCUT2D eigenvalue weighted by molar-refractivity contribution is -0.101. The van der Waals surface area contributed by atoms with Gasteiger partial charge in [0, 0.05) is 5.56 Å². The predicted molar refractivity (Wildman–Crippen MR) is 133 cm³/mol. The number of thiazole rings is 1. The molecule has 35 heavy (non-hydrogen) atoms. The molecule has 1 aliphatic heterocycles. The Morgan fingerprint density at radius 1 is 0.943 bits per heavy atom. The monoisotopic (exact) mass is 485 g/mol. The van der Waals surface area contributed by atoms with Gasteiger partial charge in [0.05, 0.1) is 34.0 Å². The van der Waals surface area contributed by atoms with Crippen LogP contribution >= 0.6 is 11.3 Å². The molecular weight excluding hydrogens is 462 g/mol. The average molecular weight is 486 g/mol. The average Bonchev–Trinajstić information content (AvgIpc) is 3.35. The van der Waals surface area contributed by atoms with Crippen molar-refractivity contribution in [1.29, 1.82) is 0 Å². The Morgan fingerprint density at radius 3 is 2.23 bits per heavy atom. The number of fused-ring (bicyclic) bond motifs is 2. The highest BCUT2D eigenvalue weighted by atomic mass is 32.1. The van der Waals surface area contributed by atoms with Crippen molar-refractivity contribution in [3.05, 3.63) is 99.9 Å². The van der Waals surface area contributed by atoms with Crippen LogP contribution in [-0.4, -0.2) is 34.0 Å². The maximum atomic E-state index is 12.9. The smallest absolute Gasteiger partial charge is 0.285 e.